The van der Waals surface area contributed by atoms with Crippen LogP contribution in [0.15, 0.2) is 22.8 Å². The van der Waals surface area contributed by atoms with E-state index in [4.69, 9.17) is 4.42 Å². The van der Waals surface area contributed by atoms with Crippen molar-refractivity contribution in [2.24, 2.45) is 0 Å². The predicted octanol–water partition coefficient (Wildman–Crippen LogP) is 1.74. The van der Waals surface area contributed by atoms with Crippen LogP contribution < -0.4 is 5.32 Å². The maximum Gasteiger partial charge on any atom is 0.120 e. The third-order valence-electron chi connectivity index (χ3n) is 1.71. The molecule has 2 heterocycles. The predicted molar refractivity (Wildman–Crippen MR) is 41.3 cm³/mol. The molecule has 0 spiro atoms. The molecule has 2 rings (SSSR count). The molecule has 1 atom stereocenters. The van der Waals surface area contributed by atoms with Crippen molar-refractivity contribution in [2.45, 2.75) is 12.5 Å². The van der Waals surface area contributed by atoms with Crippen molar-refractivity contribution >= 4 is 12.4 Å². The Morgan fingerprint density at radius 3 is 2.80 bits per heavy atom. The van der Waals surface area contributed by atoms with Crippen LogP contribution in [0.2, 0.25) is 0 Å². The lowest BCUT2D eigenvalue weighted by atomic mass is 10.1. The Kier molecular flexibility index (Phi) is 2.35. The summed E-state index contributed by atoms with van der Waals surface area (Å²) in [4.78, 5) is 0. The SMILES string of the molecule is Cl.c1coc([C@@H]2CCN2)c1. The lowest BCUT2D eigenvalue weighted by Gasteiger charge is -2.25. The Bertz CT molecular complexity index is 181. The van der Waals surface area contributed by atoms with Crippen LogP contribution in [0.5, 0.6) is 0 Å². The van der Waals surface area contributed by atoms with Gasteiger partial charge < -0.3 is 9.73 Å². The van der Waals surface area contributed by atoms with Crippen molar-refractivity contribution in [2.75, 3.05) is 6.54 Å². The third-order valence-corrected chi connectivity index (χ3v) is 1.71. The van der Waals surface area contributed by atoms with Crippen LogP contribution in [-0.4, -0.2) is 6.54 Å². The summed E-state index contributed by atoms with van der Waals surface area (Å²) < 4.78 is 5.17. The van der Waals surface area contributed by atoms with Gasteiger partial charge in [0.05, 0.1) is 12.3 Å². The third kappa shape index (κ3) is 1.18. The van der Waals surface area contributed by atoms with E-state index in [-0.39, 0.29) is 12.4 Å². The van der Waals surface area contributed by atoms with E-state index >= 15 is 0 Å². The molecule has 1 aliphatic heterocycles. The van der Waals surface area contributed by atoms with Gasteiger partial charge in [-0.2, -0.15) is 0 Å². The van der Waals surface area contributed by atoms with Gasteiger partial charge in [0.15, 0.2) is 0 Å². The fourth-order valence-electron chi connectivity index (χ4n) is 1.02. The normalized spacial score (nSPS) is 23.0. The molecule has 0 radical (unpaired) electrons. The molecule has 0 bridgehead atoms. The first-order valence-electron chi connectivity index (χ1n) is 3.23. The van der Waals surface area contributed by atoms with Gasteiger partial charge in [0.2, 0.25) is 0 Å². The van der Waals surface area contributed by atoms with E-state index < -0.39 is 0 Å². The second kappa shape index (κ2) is 3.08. The molecular weight excluding hydrogens is 150 g/mol. The number of hydrogen-bond donors (Lipinski definition) is 1. The first-order valence-corrected chi connectivity index (χ1v) is 3.23. The molecule has 0 saturated carbocycles. The fraction of sp³-hybridized carbons (Fsp3) is 0.429. The summed E-state index contributed by atoms with van der Waals surface area (Å²) in [6.45, 7) is 1.13. The first-order chi connectivity index (χ1) is 4.47. The van der Waals surface area contributed by atoms with Crippen LogP contribution in [0.3, 0.4) is 0 Å². The molecule has 2 nitrogen and oxygen atoms in total. The first kappa shape index (κ1) is 7.63. The molecule has 56 valence electrons. The number of rotatable bonds is 1. The highest BCUT2D eigenvalue weighted by Gasteiger charge is 2.19. The van der Waals surface area contributed by atoms with Gasteiger partial charge in [0.1, 0.15) is 5.76 Å². The summed E-state index contributed by atoms with van der Waals surface area (Å²) in [6, 6.07) is 4.44. The molecule has 1 saturated heterocycles. The van der Waals surface area contributed by atoms with Crippen LogP contribution in [0.25, 0.3) is 0 Å². The maximum absolute atomic E-state index is 5.17. The Labute approximate surface area is 66.0 Å². The van der Waals surface area contributed by atoms with Gasteiger partial charge in [-0.3, -0.25) is 0 Å². The van der Waals surface area contributed by atoms with Crippen molar-refractivity contribution < 1.29 is 4.42 Å². The minimum absolute atomic E-state index is 0. The van der Waals surface area contributed by atoms with Crippen molar-refractivity contribution in [3.8, 4) is 0 Å². The summed E-state index contributed by atoms with van der Waals surface area (Å²) in [5, 5.41) is 3.25. The lowest BCUT2D eigenvalue weighted by Crippen LogP contribution is -2.34. The van der Waals surface area contributed by atoms with Gasteiger partial charge in [-0.1, -0.05) is 0 Å². The molecule has 1 fully saturated rings. The molecule has 1 aromatic heterocycles. The molecule has 0 amide bonds. The topological polar surface area (TPSA) is 25.2 Å². The van der Waals surface area contributed by atoms with Crippen LogP contribution >= 0.6 is 12.4 Å². The summed E-state index contributed by atoms with van der Waals surface area (Å²) in [7, 11) is 0. The number of nitrogens with one attached hydrogen (secondary N) is 1. The molecular formula is C7H10ClNO. The smallest absolute Gasteiger partial charge is 0.120 e. The standard InChI is InChI=1S/C7H9NO.ClH/c1-2-7(9-5-1)6-3-4-8-6;/h1-2,5-6,8H,3-4H2;1H/t6-;/m0./s1. The number of halogens is 1. The van der Waals surface area contributed by atoms with Gasteiger partial charge in [0.25, 0.3) is 0 Å². The fourth-order valence-corrected chi connectivity index (χ4v) is 1.02. The van der Waals surface area contributed by atoms with E-state index in [1.165, 1.54) is 6.42 Å². The van der Waals surface area contributed by atoms with Gasteiger partial charge in [-0.15, -0.1) is 12.4 Å². The number of hydrogen-bond acceptors (Lipinski definition) is 2. The van der Waals surface area contributed by atoms with Crippen molar-refractivity contribution in [3.63, 3.8) is 0 Å². The molecule has 0 aliphatic carbocycles. The van der Waals surface area contributed by atoms with Crippen LogP contribution in [0.1, 0.15) is 18.2 Å². The van der Waals surface area contributed by atoms with Crippen LogP contribution in [0, 0.1) is 0 Å². The van der Waals surface area contributed by atoms with Gasteiger partial charge >= 0.3 is 0 Å². The van der Waals surface area contributed by atoms with Crippen molar-refractivity contribution in [3.05, 3.63) is 24.2 Å². The molecule has 10 heavy (non-hydrogen) atoms. The Morgan fingerprint density at radius 1 is 1.60 bits per heavy atom. The zero-order valence-electron chi connectivity index (χ0n) is 5.54. The minimum Gasteiger partial charge on any atom is -0.468 e. The second-order valence-electron chi connectivity index (χ2n) is 2.31. The highest BCUT2D eigenvalue weighted by molar-refractivity contribution is 5.85. The largest absolute Gasteiger partial charge is 0.468 e. The van der Waals surface area contributed by atoms with E-state index in [2.05, 4.69) is 5.32 Å². The van der Waals surface area contributed by atoms with Gasteiger partial charge in [-0.05, 0) is 25.1 Å². The summed E-state index contributed by atoms with van der Waals surface area (Å²) in [6.07, 6.45) is 2.93. The molecule has 0 aromatic carbocycles. The molecule has 1 aromatic rings. The van der Waals surface area contributed by atoms with E-state index in [0.29, 0.717) is 6.04 Å². The highest BCUT2D eigenvalue weighted by atomic mass is 35.5. The van der Waals surface area contributed by atoms with Crippen molar-refractivity contribution in [1.29, 1.82) is 0 Å². The average molecular weight is 160 g/mol. The quantitative estimate of drug-likeness (QED) is 0.675. The van der Waals surface area contributed by atoms with Crippen LogP contribution in [-0.2, 0) is 0 Å². The van der Waals surface area contributed by atoms with Gasteiger partial charge in [-0.25, -0.2) is 0 Å². The Morgan fingerprint density at radius 2 is 2.40 bits per heavy atom. The average Bonchev–Trinajstić information content (AvgIpc) is 2.11. The lowest BCUT2D eigenvalue weighted by molar-refractivity contribution is 0.319. The molecule has 3 heteroatoms. The second-order valence-corrected chi connectivity index (χ2v) is 2.31. The monoisotopic (exact) mass is 159 g/mol. The highest BCUT2D eigenvalue weighted by Crippen LogP contribution is 2.22. The zero-order valence-corrected chi connectivity index (χ0v) is 6.36. The minimum atomic E-state index is 0. The molecule has 1 N–H and O–H groups in total. The van der Waals surface area contributed by atoms with E-state index in [0.717, 1.165) is 12.3 Å². The van der Waals surface area contributed by atoms with E-state index in [1.54, 1.807) is 6.26 Å². The molecule has 0 unspecified atom stereocenters. The number of furan rings is 1. The summed E-state index contributed by atoms with van der Waals surface area (Å²) in [5.74, 6) is 1.07. The van der Waals surface area contributed by atoms with E-state index in [9.17, 15) is 0 Å². The Balaban J connectivity index is 0.000000500. The maximum atomic E-state index is 5.17. The summed E-state index contributed by atoms with van der Waals surface area (Å²) >= 11 is 0. The molecule has 1 aliphatic rings. The van der Waals surface area contributed by atoms with Crippen LogP contribution in [0.4, 0.5) is 0 Å². The zero-order chi connectivity index (χ0) is 6.10. The van der Waals surface area contributed by atoms with Gasteiger partial charge in [0, 0.05) is 0 Å². The van der Waals surface area contributed by atoms with Crippen molar-refractivity contribution in [1.82, 2.24) is 5.32 Å². The summed E-state index contributed by atoms with van der Waals surface area (Å²) in [5.41, 5.74) is 0. The van der Waals surface area contributed by atoms with E-state index in [1.807, 2.05) is 12.1 Å². The Hall–Kier alpha value is -0.470.